The number of benzene rings is 1. The fourth-order valence-corrected chi connectivity index (χ4v) is 1.46. The van der Waals surface area contributed by atoms with Crippen molar-refractivity contribution >= 4 is 10.1 Å². The Hall–Kier alpha value is -1.19. The quantitative estimate of drug-likeness (QED) is 0.515. The van der Waals surface area contributed by atoms with E-state index in [1.807, 2.05) is 20.8 Å². The van der Waals surface area contributed by atoms with Crippen molar-refractivity contribution in [1.29, 1.82) is 0 Å². The van der Waals surface area contributed by atoms with Crippen LogP contribution in [-0.2, 0) is 16.7 Å². The molecule has 0 aliphatic rings. The highest BCUT2D eigenvalue weighted by Gasteiger charge is 2.14. The van der Waals surface area contributed by atoms with Crippen molar-refractivity contribution in [3.8, 4) is 5.75 Å². The fraction of sp³-hybridized carbons (Fsp3) is 0.571. The minimum absolute atomic E-state index is 0.0484. The van der Waals surface area contributed by atoms with E-state index in [9.17, 15) is 18.6 Å². The van der Waals surface area contributed by atoms with Gasteiger partial charge in [-0.25, -0.2) is 0 Å². The lowest BCUT2D eigenvalue weighted by atomic mass is 10.0. The number of aromatic hydroxyl groups is 1. The number of hydrogen-bond donors (Lipinski definition) is 5. The Morgan fingerprint density at radius 1 is 1.27 bits per heavy atom. The van der Waals surface area contributed by atoms with Gasteiger partial charge in [0.2, 0.25) is 0 Å². The molecular weight excluding hydrogens is 310 g/mol. The molecule has 0 aliphatic heterocycles. The average Bonchev–Trinajstić information content (AvgIpc) is 2.33. The predicted octanol–water partition coefficient (Wildman–Crippen LogP) is 0.810. The lowest BCUT2D eigenvalue weighted by Gasteiger charge is -2.23. The Labute approximate surface area is 131 Å². The Bertz CT molecular complexity index is 557. The average molecular weight is 335 g/mol. The summed E-state index contributed by atoms with van der Waals surface area (Å²) < 4.78 is 25.9. The lowest BCUT2D eigenvalue weighted by Crippen LogP contribution is -2.38. The monoisotopic (exact) mass is 335 g/mol. The van der Waals surface area contributed by atoms with Gasteiger partial charge >= 0.3 is 0 Å². The number of nitrogens with one attached hydrogen (secondary N) is 1. The minimum Gasteiger partial charge on any atom is -0.508 e. The summed E-state index contributed by atoms with van der Waals surface area (Å²) in [5, 5.41) is 31.6. The van der Waals surface area contributed by atoms with Crippen molar-refractivity contribution < 1.29 is 28.3 Å². The summed E-state index contributed by atoms with van der Waals surface area (Å²) in [6.45, 7) is 6.26. The third kappa shape index (κ3) is 10.5. The van der Waals surface area contributed by atoms with Gasteiger partial charge in [-0.2, -0.15) is 8.42 Å². The molecule has 0 fully saturated rings. The Morgan fingerprint density at radius 2 is 1.77 bits per heavy atom. The molecule has 128 valence electrons. The molecule has 0 spiro atoms. The van der Waals surface area contributed by atoms with Crippen LogP contribution in [0.4, 0.5) is 0 Å². The smallest absolute Gasteiger partial charge is 0.261 e. The van der Waals surface area contributed by atoms with Crippen LogP contribution in [-0.4, -0.2) is 46.6 Å². The molecule has 22 heavy (non-hydrogen) atoms. The summed E-state index contributed by atoms with van der Waals surface area (Å²) in [5.74, 6) is 0.0484. The van der Waals surface area contributed by atoms with E-state index in [2.05, 4.69) is 5.32 Å². The second kappa shape index (κ2) is 8.44. The van der Waals surface area contributed by atoms with Crippen molar-refractivity contribution in [2.24, 2.45) is 0 Å². The van der Waals surface area contributed by atoms with Gasteiger partial charge in [0.15, 0.2) is 0 Å². The molecule has 0 unspecified atom stereocenters. The number of β-amino-alcohol motifs (C(OH)–C–C–N with tert-alkyl or cyclic N) is 1. The van der Waals surface area contributed by atoms with E-state index < -0.39 is 16.2 Å². The third-order valence-electron chi connectivity index (χ3n) is 2.48. The van der Waals surface area contributed by atoms with Crippen LogP contribution < -0.4 is 5.32 Å². The van der Waals surface area contributed by atoms with E-state index >= 15 is 0 Å². The van der Waals surface area contributed by atoms with Gasteiger partial charge in [-0.3, -0.25) is 4.55 Å². The van der Waals surface area contributed by atoms with E-state index in [1.54, 1.807) is 12.1 Å². The van der Waals surface area contributed by atoms with Crippen LogP contribution in [0.2, 0.25) is 0 Å². The van der Waals surface area contributed by atoms with Gasteiger partial charge in [0.05, 0.1) is 19.0 Å². The van der Waals surface area contributed by atoms with Crippen LogP contribution >= 0.6 is 0 Å². The van der Waals surface area contributed by atoms with E-state index in [0.717, 1.165) is 0 Å². The van der Waals surface area contributed by atoms with E-state index in [-0.39, 0.29) is 17.9 Å². The van der Waals surface area contributed by atoms with Crippen LogP contribution in [0.25, 0.3) is 0 Å². The number of aliphatic hydroxyl groups is 2. The molecule has 0 bridgehead atoms. The Morgan fingerprint density at radius 3 is 2.18 bits per heavy atom. The molecule has 1 aromatic carbocycles. The van der Waals surface area contributed by atoms with Crippen LogP contribution in [0, 0.1) is 0 Å². The summed E-state index contributed by atoms with van der Waals surface area (Å²) >= 11 is 0. The maximum Gasteiger partial charge on any atom is 0.261 e. The number of hydrogen-bond acceptors (Lipinski definition) is 6. The second-order valence-corrected chi connectivity index (χ2v) is 7.39. The SMILES string of the molecule is CC(C)(C)NC[C@H](O)c1ccc(O)c(CO)c1.CS(=O)(=O)O. The van der Waals surface area contributed by atoms with E-state index in [4.69, 9.17) is 9.66 Å². The van der Waals surface area contributed by atoms with Crippen molar-refractivity contribution in [3.05, 3.63) is 29.3 Å². The third-order valence-corrected chi connectivity index (χ3v) is 2.48. The molecular formula is C14H25NO6S. The summed E-state index contributed by atoms with van der Waals surface area (Å²) in [7, 11) is -3.67. The molecule has 7 nitrogen and oxygen atoms in total. The first kappa shape index (κ1) is 20.8. The molecule has 0 aliphatic carbocycles. The second-order valence-electron chi connectivity index (χ2n) is 5.93. The minimum atomic E-state index is -3.67. The summed E-state index contributed by atoms with van der Waals surface area (Å²) in [6.07, 6.45) is 0.0626. The van der Waals surface area contributed by atoms with Crippen molar-refractivity contribution in [2.45, 2.75) is 39.0 Å². The predicted molar refractivity (Wildman–Crippen MR) is 84.2 cm³/mol. The molecule has 1 rings (SSSR count). The largest absolute Gasteiger partial charge is 0.508 e. The fourth-order valence-electron chi connectivity index (χ4n) is 1.46. The maximum absolute atomic E-state index is 9.97. The van der Waals surface area contributed by atoms with Gasteiger partial charge in [-0.15, -0.1) is 0 Å². The summed E-state index contributed by atoms with van der Waals surface area (Å²) in [6, 6.07) is 4.76. The number of phenols is 1. The molecule has 1 atom stereocenters. The molecule has 0 heterocycles. The molecule has 8 heteroatoms. The molecule has 0 saturated carbocycles. The van der Waals surface area contributed by atoms with Crippen LogP contribution in [0.1, 0.15) is 38.0 Å². The van der Waals surface area contributed by atoms with Crippen molar-refractivity contribution in [3.63, 3.8) is 0 Å². The van der Waals surface area contributed by atoms with Crippen LogP contribution in [0.15, 0.2) is 18.2 Å². The van der Waals surface area contributed by atoms with Gasteiger partial charge in [0.25, 0.3) is 10.1 Å². The molecule has 1 aromatic rings. The Kier molecular flexibility index (Phi) is 7.99. The molecule has 0 aromatic heterocycles. The number of aliphatic hydroxyl groups excluding tert-OH is 2. The molecule has 5 N–H and O–H groups in total. The first-order valence-electron chi connectivity index (χ1n) is 6.61. The topological polar surface area (TPSA) is 127 Å². The number of rotatable bonds is 4. The van der Waals surface area contributed by atoms with Crippen LogP contribution in [0.3, 0.4) is 0 Å². The molecule has 0 amide bonds. The summed E-state index contributed by atoms with van der Waals surface area (Å²) in [5.41, 5.74) is 1.05. The van der Waals surface area contributed by atoms with Gasteiger partial charge in [-0.1, -0.05) is 6.07 Å². The lowest BCUT2D eigenvalue weighted by molar-refractivity contribution is 0.163. The van der Waals surface area contributed by atoms with Gasteiger partial charge in [0, 0.05) is 17.6 Å². The summed E-state index contributed by atoms with van der Waals surface area (Å²) in [4.78, 5) is 0. The maximum atomic E-state index is 9.97. The first-order valence-corrected chi connectivity index (χ1v) is 8.46. The van der Waals surface area contributed by atoms with Crippen molar-refractivity contribution in [1.82, 2.24) is 5.32 Å². The van der Waals surface area contributed by atoms with E-state index in [1.165, 1.54) is 6.07 Å². The van der Waals surface area contributed by atoms with Crippen LogP contribution in [0.5, 0.6) is 5.75 Å². The highest BCUT2D eigenvalue weighted by Crippen LogP contribution is 2.22. The van der Waals surface area contributed by atoms with E-state index in [0.29, 0.717) is 23.9 Å². The first-order chi connectivity index (χ1) is 9.83. The molecule has 0 saturated heterocycles. The highest BCUT2D eigenvalue weighted by atomic mass is 32.2. The Balaban J connectivity index is 0.000000763. The zero-order valence-corrected chi connectivity index (χ0v) is 14.1. The zero-order valence-electron chi connectivity index (χ0n) is 13.2. The van der Waals surface area contributed by atoms with Gasteiger partial charge in [-0.05, 0) is 38.5 Å². The van der Waals surface area contributed by atoms with Gasteiger partial charge in [0.1, 0.15) is 5.75 Å². The normalized spacial score (nSPS) is 13.2. The molecule has 0 radical (unpaired) electrons. The standard InChI is InChI=1S/C13H21NO3.CH4O3S/c1-13(2,3)14-7-12(17)9-4-5-11(16)10(6-9)8-15;1-5(2,3)4/h4-6,12,14-17H,7-8H2,1-3H3;1H3,(H,2,3,4)/t12-;/m0./s1. The van der Waals surface area contributed by atoms with Gasteiger partial charge < -0.3 is 20.6 Å². The van der Waals surface area contributed by atoms with Crippen molar-refractivity contribution in [2.75, 3.05) is 12.8 Å². The highest BCUT2D eigenvalue weighted by molar-refractivity contribution is 7.85. The zero-order chi connectivity index (χ0) is 17.6.